The summed E-state index contributed by atoms with van der Waals surface area (Å²) >= 11 is 6.42. The van der Waals surface area contributed by atoms with Gasteiger partial charge >= 0.3 is 0 Å². The van der Waals surface area contributed by atoms with Gasteiger partial charge in [-0.1, -0.05) is 30.9 Å². The second-order valence-corrected chi connectivity index (χ2v) is 5.64. The number of ether oxygens (including phenoxy) is 2. The van der Waals surface area contributed by atoms with E-state index in [0.29, 0.717) is 6.54 Å². The van der Waals surface area contributed by atoms with Gasteiger partial charge in [0.05, 0.1) is 0 Å². The summed E-state index contributed by atoms with van der Waals surface area (Å²) in [5, 5.41) is 0.756. The normalized spacial score (nSPS) is 21.0. The van der Waals surface area contributed by atoms with Crippen LogP contribution in [0, 0.1) is 0 Å². The molecule has 0 spiro atoms. The number of hydrogen-bond acceptors (Lipinski definition) is 3. The smallest absolute Gasteiger partial charge is 0.231 e. The van der Waals surface area contributed by atoms with E-state index in [1.807, 2.05) is 12.1 Å². The molecule has 1 aliphatic heterocycles. The molecule has 98 valence electrons. The number of hydrogen-bond donors (Lipinski definition) is 1. The molecule has 0 saturated heterocycles. The zero-order valence-corrected chi connectivity index (χ0v) is 11.1. The minimum Gasteiger partial charge on any atom is -0.454 e. The largest absolute Gasteiger partial charge is 0.454 e. The molecule has 4 heteroatoms. The van der Waals surface area contributed by atoms with Gasteiger partial charge in [0.15, 0.2) is 11.5 Å². The van der Waals surface area contributed by atoms with Gasteiger partial charge in [-0.2, -0.15) is 0 Å². The summed E-state index contributed by atoms with van der Waals surface area (Å²) in [4.78, 5) is 0. The first-order valence-corrected chi connectivity index (χ1v) is 6.93. The van der Waals surface area contributed by atoms with Crippen LogP contribution < -0.4 is 15.2 Å². The van der Waals surface area contributed by atoms with Crippen molar-refractivity contribution in [2.24, 2.45) is 5.73 Å². The predicted molar refractivity (Wildman–Crippen MR) is 71.4 cm³/mol. The quantitative estimate of drug-likeness (QED) is 0.895. The summed E-state index contributed by atoms with van der Waals surface area (Å²) in [5.41, 5.74) is 7.21. The third-order valence-electron chi connectivity index (χ3n) is 4.24. The lowest BCUT2D eigenvalue weighted by molar-refractivity contribution is 0.174. The van der Waals surface area contributed by atoms with E-state index in [4.69, 9.17) is 26.8 Å². The molecule has 0 bridgehead atoms. The van der Waals surface area contributed by atoms with Gasteiger partial charge in [-0.05, 0) is 24.5 Å². The van der Waals surface area contributed by atoms with Crippen molar-refractivity contribution in [2.75, 3.05) is 13.3 Å². The Kier molecular flexibility index (Phi) is 3.12. The van der Waals surface area contributed by atoms with Gasteiger partial charge in [-0.3, -0.25) is 0 Å². The molecule has 0 amide bonds. The number of halogens is 1. The third-order valence-corrected chi connectivity index (χ3v) is 4.55. The van der Waals surface area contributed by atoms with Gasteiger partial charge in [0.2, 0.25) is 6.79 Å². The van der Waals surface area contributed by atoms with Crippen molar-refractivity contribution in [3.05, 3.63) is 22.7 Å². The van der Waals surface area contributed by atoms with Crippen molar-refractivity contribution in [2.45, 2.75) is 37.5 Å². The van der Waals surface area contributed by atoms with Crippen LogP contribution in [0.25, 0.3) is 0 Å². The van der Waals surface area contributed by atoms with Crippen LogP contribution in [0.15, 0.2) is 12.1 Å². The molecule has 18 heavy (non-hydrogen) atoms. The van der Waals surface area contributed by atoms with Crippen molar-refractivity contribution in [3.8, 4) is 11.5 Å². The van der Waals surface area contributed by atoms with E-state index < -0.39 is 0 Å². The van der Waals surface area contributed by atoms with E-state index >= 15 is 0 Å². The van der Waals surface area contributed by atoms with Gasteiger partial charge in [0.25, 0.3) is 0 Å². The summed E-state index contributed by atoms with van der Waals surface area (Å²) in [7, 11) is 0. The Balaban J connectivity index is 2.04. The van der Waals surface area contributed by atoms with Crippen molar-refractivity contribution in [1.29, 1.82) is 0 Å². The zero-order chi connectivity index (χ0) is 12.6. The SMILES string of the molecule is NCC1(c2cc3c(cc2Cl)OCO3)CCCCC1. The Morgan fingerprint density at radius 1 is 1.11 bits per heavy atom. The summed E-state index contributed by atoms with van der Waals surface area (Å²) < 4.78 is 10.8. The maximum Gasteiger partial charge on any atom is 0.231 e. The van der Waals surface area contributed by atoms with Crippen LogP contribution in [0.5, 0.6) is 11.5 Å². The topological polar surface area (TPSA) is 44.5 Å². The van der Waals surface area contributed by atoms with E-state index in [0.717, 1.165) is 34.9 Å². The van der Waals surface area contributed by atoms with Crippen molar-refractivity contribution in [1.82, 2.24) is 0 Å². The van der Waals surface area contributed by atoms with Gasteiger partial charge in [-0.15, -0.1) is 0 Å². The van der Waals surface area contributed by atoms with Crippen LogP contribution in [-0.2, 0) is 5.41 Å². The summed E-state index contributed by atoms with van der Waals surface area (Å²) in [5.74, 6) is 1.54. The average Bonchev–Trinajstić information content (AvgIpc) is 2.85. The molecule has 1 heterocycles. The molecule has 1 fully saturated rings. The van der Waals surface area contributed by atoms with Crippen LogP contribution in [0.4, 0.5) is 0 Å². The Morgan fingerprint density at radius 2 is 1.78 bits per heavy atom. The molecule has 0 radical (unpaired) electrons. The number of nitrogens with two attached hydrogens (primary N) is 1. The highest BCUT2D eigenvalue weighted by atomic mass is 35.5. The van der Waals surface area contributed by atoms with Crippen LogP contribution in [-0.4, -0.2) is 13.3 Å². The minimum absolute atomic E-state index is 0.0241. The molecule has 3 nitrogen and oxygen atoms in total. The van der Waals surface area contributed by atoms with E-state index in [2.05, 4.69) is 0 Å². The van der Waals surface area contributed by atoms with Crippen molar-refractivity contribution < 1.29 is 9.47 Å². The molecule has 3 rings (SSSR count). The van der Waals surface area contributed by atoms with Gasteiger partial charge < -0.3 is 15.2 Å². The van der Waals surface area contributed by atoms with E-state index in [1.54, 1.807) is 0 Å². The van der Waals surface area contributed by atoms with E-state index in [1.165, 1.54) is 19.3 Å². The first-order chi connectivity index (χ1) is 8.75. The van der Waals surface area contributed by atoms with Crippen LogP contribution in [0.1, 0.15) is 37.7 Å². The number of rotatable bonds is 2. The molecule has 1 saturated carbocycles. The molecule has 0 atom stereocenters. The highest BCUT2D eigenvalue weighted by Gasteiger charge is 2.35. The summed E-state index contributed by atoms with van der Waals surface area (Å²) in [6.07, 6.45) is 5.97. The van der Waals surface area contributed by atoms with Gasteiger partial charge in [0, 0.05) is 23.0 Å². The fraction of sp³-hybridized carbons (Fsp3) is 0.571. The maximum absolute atomic E-state index is 6.42. The molecule has 0 unspecified atom stereocenters. The molecule has 0 aromatic heterocycles. The third kappa shape index (κ3) is 1.86. The maximum atomic E-state index is 6.42. The first kappa shape index (κ1) is 12.1. The summed E-state index contributed by atoms with van der Waals surface area (Å²) in [6, 6.07) is 3.90. The minimum atomic E-state index is 0.0241. The average molecular weight is 268 g/mol. The highest BCUT2D eigenvalue weighted by Crippen LogP contribution is 2.46. The Bertz CT molecular complexity index is 455. The fourth-order valence-electron chi connectivity index (χ4n) is 3.14. The molecule has 2 N–H and O–H groups in total. The fourth-order valence-corrected chi connectivity index (χ4v) is 3.49. The molecular weight excluding hydrogens is 250 g/mol. The van der Waals surface area contributed by atoms with Crippen molar-refractivity contribution >= 4 is 11.6 Å². The highest BCUT2D eigenvalue weighted by molar-refractivity contribution is 6.31. The predicted octanol–water partition coefficient (Wildman–Crippen LogP) is 3.23. The van der Waals surface area contributed by atoms with Crippen LogP contribution in [0.3, 0.4) is 0 Å². The Morgan fingerprint density at radius 3 is 2.44 bits per heavy atom. The van der Waals surface area contributed by atoms with Gasteiger partial charge in [-0.25, -0.2) is 0 Å². The second kappa shape index (κ2) is 4.63. The lowest BCUT2D eigenvalue weighted by Gasteiger charge is -2.37. The van der Waals surface area contributed by atoms with E-state index in [-0.39, 0.29) is 12.2 Å². The number of benzene rings is 1. The monoisotopic (exact) mass is 267 g/mol. The van der Waals surface area contributed by atoms with Crippen molar-refractivity contribution in [3.63, 3.8) is 0 Å². The summed E-state index contributed by atoms with van der Waals surface area (Å²) in [6.45, 7) is 0.928. The molecule has 1 aromatic rings. The first-order valence-electron chi connectivity index (χ1n) is 6.55. The molecule has 2 aliphatic rings. The van der Waals surface area contributed by atoms with Crippen LogP contribution in [0.2, 0.25) is 5.02 Å². The molecule has 1 aliphatic carbocycles. The number of fused-ring (bicyclic) bond motifs is 1. The molecular formula is C14H18ClNO2. The Labute approximate surface area is 112 Å². The lowest BCUT2D eigenvalue weighted by Crippen LogP contribution is -2.37. The van der Waals surface area contributed by atoms with Crippen LogP contribution >= 0.6 is 11.6 Å². The van der Waals surface area contributed by atoms with E-state index in [9.17, 15) is 0 Å². The zero-order valence-electron chi connectivity index (χ0n) is 10.4. The molecule has 1 aromatic carbocycles. The standard InChI is InChI=1S/C14H18ClNO2/c15-11-7-13-12(17-9-18-13)6-10(11)14(8-16)4-2-1-3-5-14/h6-7H,1-5,8-9,16H2. The van der Waals surface area contributed by atoms with Gasteiger partial charge in [0.1, 0.15) is 0 Å². The lowest BCUT2D eigenvalue weighted by atomic mass is 9.69. The Hall–Kier alpha value is -0.930. The second-order valence-electron chi connectivity index (χ2n) is 5.23.